The highest BCUT2D eigenvalue weighted by Gasteiger charge is 2.66. The highest BCUT2D eigenvalue weighted by Crippen LogP contribution is 2.72. The molecule has 4 aliphatic rings. The minimum absolute atomic E-state index is 0.0300. The van der Waals surface area contributed by atoms with Crippen molar-refractivity contribution in [3.63, 3.8) is 0 Å². The molecule has 2 bridgehead atoms. The van der Waals surface area contributed by atoms with Crippen molar-refractivity contribution in [1.82, 2.24) is 0 Å². The van der Waals surface area contributed by atoms with Gasteiger partial charge in [0.2, 0.25) is 0 Å². The largest absolute Gasteiger partial charge is 0.393 e. The van der Waals surface area contributed by atoms with Gasteiger partial charge in [0.15, 0.2) is 0 Å². The maximum atomic E-state index is 10.9. The van der Waals surface area contributed by atoms with Gasteiger partial charge in [-0.3, -0.25) is 0 Å². The van der Waals surface area contributed by atoms with Gasteiger partial charge in [-0.05, 0) is 85.4 Å². The topological polar surface area (TPSA) is 40.5 Å². The molecular formula is C20H34O2. The second kappa shape index (κ2) is 4.51. The van der Waals surface area contributed by atoms with Crippen molar-refractivity contribution in [3.8, 4) is 0 Å². The van der Waals surface area contributed by atoms with E-state index in [9.17, 15) is 10.2 Å². The van der Waals surface area contributed by atoms with Gasteiger partial charge < -0.3 is 10.2 Å². The van der Waals surface area contributed by atoms with Gasteiger partial charge in [-0.2, -0.15) is 0 Å². The first-order valence-corrected chi connectivity index (χ1v) is 9.59. The van der Waals surface area contributed by atoms with Crippen LogP contribution >= 0.6 is 0 Å². The van der Waals surface area contributed by atoms with Gasteiger partial charge in [0.05, 0.1) is 12.2 Å². The minimum atomic E-state index is -0.776. The zero-order valence-corrected chi connectivity index (χ0v) is 14.7. The van der Waals surface area contributed by atoms with E-state index < -0.39 is 5.60 Å². The standard InChI is InChI=1S/C20H34O2/c1-17(2)8-4-9-18(3)15(17)7-10-19-11-14(5-6-16(18)19)20(22,12-19)13-21/h14-16,21-22H,4-13H2,1-3H3/t14?,15-,16+,18-,19?,20?/m0/s1. The highest BCUT2D eigenvalue weighted by molar-refractivity contribution is 5.16. The lowest BCUT2D eigenvalue weighted by Gasteiger charge is -2.64. The van der Waals surface area contributed by atoms with Crippen LogP contribution in [-0.2, 0) is 0 Å². The Labute approximate surface area is 135 Å². The summed E-state index contributed by atoms with van der Waals surface area (Å²) in [5.74, 6) is 1.98. The molecule has 126 valence electrons. The second-order valence-electron chi connectivity index (χ2n) is 10.3. The van der Waals surface area contributed by atoms with E-state index in [2.05, 4.69) is 20.8 Å². The Hall–Kier alpha value is -0.0800. The number of hydrogen-bond donors (Lipinski definition) is 2. The average Bonchev–Trinajstić information content (AvgIpc) is 2.65. The van der Waals surface area contributed by atoms with Crippen LogP contribution in [0.3, 0.4) is 0 Å². The van der Waals surface area contributed by atoms with E-state index in [-0.39, 0.29) is 6.61 Å². The molecule has 0 amide bonds. The fourth-order valence-corrected chi connectivity index (χ4v) is 8.13. The van der Waals surface area contributed by atoms with Crippen molar-refractivity contribution < 1.29 is 10.2 Å². The molecule has 2 heteroatoms. The molecule has 0 saturated heterocycles. The molecule has 0 aromatic rings. The van der Waals surface area contributed by atoms with Gasteiger partial charge in [-0.1, -0.05) is 27.2 Å². The molecule has 0 radical (unpaired) electrons. The predicted molar refractivity (Wildman–Crippen MR) is 88.4 cm³/mol. The van der Waals surface area contributed by atoms with E-state index >= 15 is 0 Å². The third-order valence-electron chi connectivity index (χ3n) is 8.89. The monoisotopic (exact) mass is 306 g/mol. The van der Waals surface area contributed by atoms with E-state index in [4.69, 9.17) is 0 Å². The quantitative estimate of drug-likeness (QED) is 0.764. The van der Waals surface area contributed by atoms with Crippen LogP contribution in [0.4, 0.5) is 0 Å². The molecule has 4 rings (SSSR count). The number of fused-ring (bicyclic) bond motifs is 3. The first-order valence-electron chi connectivity index (χ1n) is 9.59. The Morgan fingerprint density at radius 2 is 1.73 bits per heavy atom. The first-order chi connectivity index (χ1) is 10.3. The van der Waals surface area contributed by atoms with Crippen molar-refractivity contribution in [2.75, 3.05) is 6.61 Å². The van der Waals surface area contributed by atoms with Crippen LogP contribution in [0.25, 0.3) is 0 Å². The maximum Gasteiger partial charge on any atom is 0.0910 e. The molecule has 3 unspecified atom stereocenters. The number of rotatable bonds is 1. The average molecular weight is 306 g/mol. The molecule has 1 spiro atoms. The van der Waals surface area contributed by atoms with E-state index in [1.54, 1.807) is 0 Å². The molecule has 2 N–H and O–H groups in total. The summed E-state index contributed by atoms with van der Waals surface area (Å²) in [6, 6.07) is 0. The number of aliphatic hydroxyl groups is 2. The molecule has 0 aliphatic heterocycles. The third-order valence-corrected chi connectivity index (χ3v) is 8.89. The van der Waals surface area contributed by atoms with E-state index in [0.717, 1.165) is 24.7 Å². The van der Waals surface area contributed by atoms with Crippen LogP contribution < -0.4 is 0 Å². The van der Waals surface area contributed by atoms with Crippen LogP contribution in [0.5, 0.6) is 0 Å². The molecule has 0 heterocycles. The van der Waals surface area contributed by atoms with Gasteiger partial charge in [0, 0.05) is 0 Å². The molecule has 0 aromatic heterocycles. The van der Waals surface area contributed by atoms with Crippen molar-refractivity contribution in [2.24, 2.45) is 34.0 Å². The van der Waals surface area contributed by atoms with Gasteiger partial charge in [0.25, 0.3) is 0 Å². The van der Waals surface area contributed by atoms with E-state index in [1.165, 1.54) is 44.9 Å². The highest BCUT2D eigenvalue weighted by atomic mass is 16.3. The zero-order valence-electron chi connectivity index (χ0n) is 14.7. The summed E-state index contributed by atoms with van der Waals surface area (Å²) in [7, 11) is 0. The fraction of sp³-hybridized carbons (Fsp3) is 1.00. The number of hydrogen-bond acceptors (Lipinski definition) is 2. The summed E-state index contributed by atoms with van der Waals surface area (Å²) in [5, 5.41) is 20.7. The summed E-state index contributed by atoms with van der Waals surface area (Å²) < 4.78 is 0. The Morgan fingerprint density at radius 3 is 2.45 bits per heavy atom. The molecule has 0 aromatic carbocycles. The lowest BCUT2D eigenvalue weighted by molar-refractivity contribution is -0.145. The van der Waals surface area contributed by atoms with Gasteiger partial charge >= 0.3 is 0 Å². The number of aliphatic hydroxyl groups excluding tert-OH is 1. The Bertz CT molecular complexity index is 472. The second-order valence-corrected chi connectivity index (χ2v) is 10.3. The summed E-state index contributed by atoms with van der Waals surface area (Å²) in [6.45, 7) is 7.55. The summed E-state index contributed by atoms with van der Waals surface area (Å²) in [6.07, 6.45) is 11.2. The van der Waals surface area contributed by atoms with Crippen molar-refractivity contribution in [1.29, 1.82) is 0 Å². The molecule has 6 atom stereocenters. The van der Waals surface area contributed by atoms with Crippen LogP contribution in [0.15, 0.2) is 0 Å². The summed E-state index contributed by atoms with van der Waals surface area (Å²) in [5.41, 5.74) is 0.504. The molecule has 4 fully saturated rings. The van der Waals surface area contributed by atoms with Crippen LogP contribution in [0.1, 0.15) is 78.6 Å². The van der Waals surface area contributed by atoms with Crippen molar-refractivity contribution >= 4 is 0 Å². The third kappa shape index (κ3) is 1.80. The smallest absolute Gasteiger partial charge is 0.0910 e. The maximum absolute atomic E-state index is 10.9. The molecule has 2 nitrogen and oxygen atoms in total. The minimum Gasteiger partial charge on any atom is -0.393 e. The van der Waals surface area contributed by atoms with E-state index in [1.807, 2.05) is 0 Å². The Kier molecular flexibility index (Phi) is 3.16. The van der Waals surface area contributed by atoms with Crippen LogP contribution in [0, 0.1) is 34.0 Å². The zero-order chi connectivity index (χ0) is 15.8. The SMILES string of the molecule is CC1(C)CCC[C@@]2(C)[C@H]1CCC13CC(CC[C@@H]12)C(O)(CO)C3. The predicted octanol–water partition coefficient (Wildman–Crippen LogP) is 4.14. The lowest BCUT2D eigenvalue weighted by atomic mass is 9.41. The molecule has 22 heavy (non-hydrogen) atoms. The Morgan fingerprint density at radius 1 is 0.955 bits per heavy atom. The fourth-order valence-electron chi connectivity index (χ4n) is 8.13. The van der Waals surface area contributed by atoms with Crippen LogP contribution in [0.2, 0.25) is 0 Å². The summed E-state index contributed by atoms with van der Waals surface area (Å²) >= 11 is 0. The van der Waals surface area contributed by atoms with Gasteiger partial charge in [-0.15, -0.1) is 0 Å². The van der Waals surface area contributed by atoms with Crippen molar-refractivity contribution in [3.05, 3.63) is 0 Å². The lowest BCUT2D eigenvalue weighted by Crippen LogP contribution is -2.55. The normalized spacial score (nSPS) is 56.3. The van der Waals surface area contributed by atoms with Crippen LogP contribution in [-0.4, -0.2) is 22.4 Å². The van der Waals surface area contributed by atoms with Gasteiger partial charge in [-0.25, -0.2) is 0 Å². The molecule has 4 saturated carbocycles. The molecular weight excluding hydrogens is 272 g/mol. The van der Waals surface area contributed by atoms with Crippen molar-refractivity contribution in [2.45, 2.75) is 84.2 Å². The Balaban J connectivity index is 1.72. The first kappa shape index (κ1) is 15.4. The summed E-state index contributed by atoms with van der Waals surface area (Å²) in [4.78, 5) is 0. The van der Waals surface area contributed by atoms with Gasteiger partial charge in [0.1, 0.15) is 0 Å². The van der Waals surface area contributed by atoms with E-state index in [0.29, 0.717) is 22.2 Å². The molecule has 4 aliphatic carbocycles.